The number of aromatic nitrogens is 3. The summed E-state index contributed by atoms with van der Waals surface area (Å²) >= 11 is 0. The fourth-order valence-electron chi connectivity index (χ4n) is 2.45. The van der Waals surface area contributed by atoms with Crippen LogP contribution in [-0.4, -0.2) is 39.7 Å². The minimum absolute atomic E-state index is 0.717. The summed E-state index contributed by atoms with van der Waals surface area (Å²) < 4.78 is 0. The van der Waals surface area contributed by atoms with E-state index in [4.69, 9.17) is 5.73 Å². The second-order valence-electron chi connectivity index (χ2n) is 5.32. The number of H-pyrrole nitrogens is 1. The molecule has 1 aromatic carbocycles. The summed E-state index contributed by atoms with van der Waals surface area (Å²) in [5.41, 5.74) is 7.48. The normalized spacial score (nSPS) is 11.2. The molecule has 0 bridgehead atoms. The summed E-state index contributed by atoms with van der Waals surface area (Å²) in [5, 5.41) is 7.32. The molecule has 2 rings (SSSR count). The topological polar surface area (TPSA) is 70.8 Å². The van der Waals surface area contributed by atoms with Gasteiger partial charge in [0.2, 0.25) is 0 Å². The fraction of sp³-hybridized carbons (Fsp3) is 0.500. The van der Waals surface area contributed by atoms with E-state index >= 15 is 0 Å². The lowest BCUT2D eigenvalue weighted by Gasteiger charge is -2.19. The predicted molar refractivity (Wildman–Crippen MR) is 87.0 cm³/mol. The summed E-state index contributed by atoms with van der Waals surface area (Å²) in [6.45, 7) is 7.74. The molecule has 1 aromatic heterocycles. The smallest absolute Gasteiger partial charge is 0.181 e. The van der Waals surface area contributed by atoms with Crippen LogP contribution in [0.4, 0.5) is 5.69 Å². The number of hydrogen-bond acceptors (Lipinski definition) is 4. The molecule has 0 radical (unpaired) electrons. The number of nitrogen functional groups attached to an aromatic ring is 1. The van der Waals surface area contributed by atoms with E-state index in [0.717, 1.165) is 49.0 Å². The van der Waals surface area contributed by atoms with E-state index in [9.17, 15) is 0 Å². The van der Waals surface area contributed by atoms with Gasteiger partial charge in [0.25, 0.3) is 0 Å². The molecule has 1 heterocycles. The van der Waals surface area contributed by atoms with Crippen molar-refractivity contribution in [1.82, 2.24) is 20.1 Å². The summed E-state index contributed by atoms with van der Waals surface area (Å²) in [5.74, 6) is 1.65. The van der Waals surface area contributed by atoms with Crippen LogP contribution >= 0.6 is 0 Å². The Morgan fingerprint density at radius 2 is 1.90 bits per heavy atom. The van der Waals surface area contributed by atoms with Gasteiger partial charge in [-0.2, -0.15) is 5.10 Å². The Balaban J connectivity index is 1.96. The van der Waals surface area contributed by atoms with Crippen molar-refractivity contribution in [1.29, 1.82) is 0 Å². The number of benzene rings is 1. The molecule has 0 aliphatic heterocycles. The summed E-state index contributed by atoms with van der Waals surface area (Å²) in [7, 11) is 0. The highest BCUT2D eigenvalue weighted by Gasteiger charge is 2.08. The molecule has 0 aliphatic rings. The van der Waals surface area contributed by atoms with Gasteiger partial charge in [-0.3, -0.25) is 5.10 Å². The Labute approximate surface area is 126 Å². The quantitative estimate of drug-likeness (QED) is 0.732. The number of hydrogen-bond donors (Lipinski definition) is 2. The maximum Gasteiger partial charge on any atom is 0.181 e. The van der Waals surface area contributed by atoms with Crippen molar-refractivity contribution in [2.24, 2.45) is 0 Å². The van der Waals surface area contributed by atoms with Gasteiger partial charge in [-0.15, -0.1) is 0 Å². The molecule has 114 valence electrons. The zero-order valence-corrected chi connectivity index (χ0v) is 13.0. The molecule has 0 aliphatic carbocycles. The predicted octanol–water partition coefficient (Wildman–Crippen LogP) is 2.72. The maximum absolute atomic E-state index is 5.80. The minimum Gasteiger partial charge on any atom is -0.399 e. The Kier molecular flexibility index (Phi) is 5.75. The standard InChI is InChI=1S/C16H25N5/c1-3-9-21(10-4-2)11-8-15-18-16(20-19-15)13-6-5-7-14(17)12-13/h5-7,12H,3-4,8-11,17H2,1-2H3,(H,18,19,20). The molecule has 0 spiro atoms. The number of rotatable bonds is 8. The second kappa shape index (κ2) is 7.78. The first-order valence-electron chi connectivity index (χ1n) is 7.72. The molecule has 21 heavy (non-hydrogen) atoms. The molecule has 0 amide bonds. The van der Waals surface area contributed by atoms with Crippen LogP contribution < -0.4 is 5.73 Å². The van der Waals surface area contributed by atoms with Gasteiger partial charge in [0.15, 0.2) is 5.82 Å². The van der Waals surface area contributed by atoms with Crippen LogP contribution in [-0.2, 0) is 6.42 Å². The van der Waals surface area contributed by atoms with Gasteiger partial charge in [0.05, 0.1) is 0 Å². The maximum atomic E-state index is 5.80. The number of aromatic amines is 1. The molecular weight excluding hydrogens is 262 g/mol. The van der Waals surface area contributed by atoms with Crippen LogP contribution in [0.15, 0.2) is 24.3 Å². The SMILES string of the molecule is CCCN(CCC)CCc1nc(-c2cccc(N)c2)n[nH]1. The lowest BCUT2D eigenvalue weighted by Crippen LogP contribution is -2.28. The van der Waals surface area contributed by atoms with E-state index in [0.29, 0.717) is 0 Å². The third kappa shape index (κ3) is 4.56. The fourth-order valence-corrected chi connectivity index (χ4v) is 2.45. The van der Waals surface area contributed by atoms with Crippen molar-refractivity contribution in [3.63, 3.8) is 0 Å². The van der Waals surface area contributed by atoms with Crippen molar-refractivity contribution >= 4 is 5.69 Å². The Morgan fingerprint density at radius 3 is 2.57 bits per heavy atom. The van der Waals surface area contributed by atoms with Gasteiger partial charge >= 0.3 is 0 Å². The van der Waals surface area contributed by atoms with Crippen molar-refractivity contribution in [3.05, 3.63) is 30.1 Å². The highest BCUT2D eigenvalue weighted by atomic mass is 15.2. The molecule has 5 heteroatoms. The molecule has 0 saturated carbocycles. The van der Waals surface area contributed by atoms with Gasteiger partial charge in [-0.1, -0.05) is 26.0 Å². The van der Waals surface area contributed by atoms with Crippen molar-refractivity contribution < 1.29 is 0 Å². The number of nitrogens with one attached hydrogen (secondary N) is 1. The van der Waals surface area contributed by atoms with E-state index in [1.807, 2.05) is 24.3 Å². The van der Waals surface area contributed by atoms with Crippen LogP contribution in [0.25, 0.3) is 11.4 Å². The van der Waals surface area contributed by atoms with Crippen LogP contribution in [0, 0.1) is 0 Å². The van der Waals surface area contributed by atoms with Crippen LogP contribution in [0.1, 0.15) is 32.5 Å². The van der Waals surface area contributed by atoms with Gasteiger partial charge < -0.3 is 10.6 Å². The summed E-state index contributed by atoms with van der Waals surface area (Å²) in [6, 6.07) is 7.66. The molecule has 0 saturated heterocycles. The Bertz CT molecular complexity index is 543. The number of nitrogens with two attached hydrogens (primary N) is 1. The van der Waals surface area contributed by atoms with Crippen molar-refractivity contribution in [2.75, 3.05) is 25.4 Å². The molecule has 0 fully saturated rings. The highest BCUT2D eigenvalue weighted by Crippen LogP contribution is 2.17. The van der Waals surface area contributed by atoms with Crippen LogP contribution in [0.3, 0.4) is 0 Å². The monoisotopic (exact) mass is 287 g/mol. The molecule has 5 nitrogen and oxygen atoms in total. The lowest BCUT2D eigenvalue weighted by atomic mass is 10.2. The van der Waals surface area contributed by atoms with Gasteiger partial charge in [0, 0.05) is 24.2 Å². The van der Waals surface area contributed by atoms with Gasteiger partial charge in [-0.25, -0.2) is 4.98 Å². The zero-order valence-electron chi connectivity index (χ0n) is 13.0. The van der Waals surface area contributed by atoms with Crippen molar-refractivity contribution in [2.45, 2.75) is 33.1 Å². The Hall–Kier alpha value is -1.88. The molecule has 0 atom stereocenters. The van der Waals surface area contributed by atoms with Crippen molar-refractivity contribution in [3.8, 4) is 11.4 Å². The largest absolute Gasteiger partial charge is 0.399 e. The third-order valence-electron chi connectivity index (χ3n) is 3.42. The molecular formula is C16H25N5. The minimum atomic E-state index is 0.717. The van der Waals surface area contributed by atoms with Crippen LogP contribution in [0.2, 0.25) is 0 Å². The first-order valence-corrected chi connectivity index (χ1v) is 7.72. The molecule has 3 N–H and O–H groups in total. The van der Waals surface area contributed by atoms with Gasteiger partial charge in [0.1, 0.15) is 5.82 Å². The number of anilines is 1. The second-order valence-corrected chi connectivity index (χ2v) is 5.32. The van der Waals surface area contributed by atoms with Crippen LogP contribution in [0.5, 0.6) is 0 Å². The van der Waals surface area contributed by atoms with Gasteiger partial charge in [-0.05, 0) is 38.1 Å². The third-order valence-corrected chi connectivity index (χ3v) is 3.42. The molecule has 2 aromatic rings. The average Bonchev–Trinajstić information content (AvgIpc) is 2.94. The number of nitrogens with zero attached hydrogens (tertiary/aromatic N) is 3. The Morgan fingerprint density at radius 1 is 1.14 bits per heavy atom. The van der Waals surface area contributed by atoms with E-state index in [2.05, 4.69) is 33.9 Å². The first kappa shape index (κ1) is 15.5. The molecule has 0 unspecified atom stereocenters. The van der Waals surface area contributed by atoms with E-state index in [-0.39, 0.29) is 0 Å². The zero-order chi connectivity index (χ0) is 15.1. The van der Waals surface area contributed by atoms with E-state index in [1.165, 1.54) is 12.8 Å². The van der Waals surface area contributed by atoms with E-state index < -0.39 is 0 Å². The average molecular weight is 287 g/mol. The highest BCUT2D eigenvalue weighted by molar-refractivity contribution is 5.60. The summed E-state index contributed by atoms with van der Waals surface area (Å²) in [6.07, 6.45) is 3.27. The van der Waals surface area contributed by atoms with E-state index in [1.54, 1.807) is 0 Å². The first-order chi connectivity index (χ1) is 10.2. The summed E-state index contributed by atoms with van der Waals surface area (Å²) in [4.78, 5) is 7.04. The lowest BCUT2D eigenvalue weighted by molar-refractivity contribution is 0.276.